The number of carbonyl (C=O) groups is 2. The summed E-state index contributed by atoms with van der Waals surface area (Å²) in [6.07, 6.45) is 0.482. The molecule has 0 bridgehead atoms. The second kappa shape index (κ2) is 9.16. The Labute approximate surface area is 166 Å². The molecule has 28 heavy (non-hydrogen) atoms. The lowest BCUT2D eigenvalue weighted by molar-refractivity contribution is -0.148. The third kappa shape index (κ3) is 5.08. The Morgan fingerprint density at radius 1 is 1.18 bits per heavy atom. The summed E-state index contributed by atoms with van der Waals surface area (Å²) in [6.45, 7) is 0.481. The van der Waals surface area contributed by atoms with E-state index in [9.17, 15) is 18.4 Å². The second-order valence-electron chi connectivity index (χ2n) is 6.37. The number of fused-ring (bicyclic) bond motifs is 1. The van der Waals surface area contributed by atoms with Crippen LogP contribution in [0.2, 0.25) is 0 Å². The lowest BCUT2D eigenvalue weighted by Crippen LogP contribution is -2.49. The molecule has 0 saturated heterocycles. The molecule has 0 aromatic heterocycles. The quantitative estimate of drug-likeness (QED) is 0.587. The van der Waals surface area contributed by atoms with E-state index in [-0.39, 0.29) is 18.4 Å². The summed E-state index contributed by atoms with van der Waals surface area (Å²) in [6, 6.07) is 13.5. The molecule has 2 aromatic rings. The Morgan fingerprint density at radius 3 is 2.50 bits per heavy atom. The van der Waals surface area contributed by atoms with Gasteiger partial charge in [0.15, 0.2) is 0 Å². The highest BCUT2D eigenvalue weighted by molar-refractivity contribution is 7.99. The molecule has 0 fully saturated rings. The number of amides is 1. The zero-order chi connectivity index (χ0) is 20.1. The van der Waals surface area contributed by atoms with Crippen LogP contribution in [0.1, 0.15) is 11.1 Å². The van der Waals surface area contributed by atoms with Gasteiger partial charge in [-0.3, -0.25) is 14.5 Å². The lowest BCUT2D eigenvalue weighted by Gasteiger charge is -2.34. The third-order valence-electron chi connectivity index (χ3n) is 4.53. The molecule has 1 amide bonds. The van der Waals surface area contributed by atoms with Crippen molar-refractivity contribution < 1.29 is 23.1 Å². The molecule has 1 N–H and O–H groups in total. The highest BCUT2D eigenvalue weighted by atomic mass is 32.2. The molecule has 8 heteroatoms. The first-order valence-electron chi connectivity index (χ1n) is 8.69. The van der Waals surface area contributed by atoms with E-state index in [2.05, 4.69) is 5.32 Å². The first kappa shape index (κ1) is 20.3. The number of esters is 1. The minimum atomic E-state index is -2.49. The number of thioether (sulfide) groups is 1. The van der Waals surface area contributed by atoms with Crippen molar-refractivity contribution in [3.8, 4) is 0 Å². The fraction of sp³-hybridized carbons (Fsp3) is 0.300. The maximum atomic E-state index is 12.5. The van der Waals surface area contributed by atoms with Gasteiger partial charge in [-0.2, -0.15) is 8.78 Å². The number of methoxy groups -OCH3 is 1. The van der Waals surface area contributed by atoms with Gasteiger partial charge < -0.3 is 10.1 Å². The number of nitrogens with zero attached hydrogens (tertiary/aromatic N) is 1. The van der Waals surface area contributed by atoms with Crippen molar-refractivity contribution in [3.63, 3.8) is 0 Å². The number of alkyl halides is 2. The molecule has 0 saturated carbocycles. The van der Waals surface area contributed by atoms with Crippen molar-refractivity contribution in [3.05, 3.63) is 59.7 Å². The predicted molar refractivity (Wildman–Crippen MR) is 103 cm³/mol. The van der Waals surface area contributed by atoms with Crippen LogP contribution in [0.5, 0.6) is 0 Å². The van der Waals surface area contributed by atoms with Crippen LogP contribution in [0.3, 0.4) is 0 Å². The van der Waals surface area contributed by atoms with Gasteiger partial charge in [0.2, 0.25) is 5.91 Å². The Hall–Kier alpha value is -2.45. The number of hydrogen-bond donors (Lipinski definition) is 1. The van der Waals surface area contributed by atoms with Crippen molar-refractivity contribution in [1.29, 1.82) is 0 Å². The average molecular weight is 406 g/mol. The van der Waals surface area contributed by atoms with E-state index >= 15 is 0 Å². The van der Waals surface area contributed by atoms with E-state index in [1.54, 1.807) is 17.0 Å². The molecule has 2 aromatic carbocycles. The number of rotatable bonds is 6. The molecule has 0 radical (unpaired) electrons. The SMILES string of the molecule is COC(=O)[C@@H]1Cc2ccccc2CN1CC(=O)Nc1ccc(SC(F)F)cc1. The zero-order valence-electron chi connectivity index (χ0n) is 15.2. The Kier molecular flexibility index (Phi) is 6.64. The number of ether oxygens (including phenoxy) is 1. The van der Waals surface area contributed by atoms with Crippen molar-refractivity contribution >= 4 is 29.3 Å². The van der Waals surface area contributed by atoms with Crippen LogP contribution < -0.4 is 5.32 Å². The van der Waals surface area contributed by atoms with Crippen LogP contribution in [0, 0.1) is 0 Å². The van der Waals surface area contributed by atoms with Gasteiger partial charge in [0.25, 0.3) is 5.76 Å². The summed E-state index contributed by atoms with van der Waals surface area (Å²) in [4.78, 5) is 26.9. The number of nitrogens with one attached hydrogen (secondary N) is 1. The van der Waals surface area contributed by atoms with Crippen molar-refractivity contribution in [2.24, 2.45) is 0 Å². The van der Waals surface area contributed by atoms with Crippen molar-refractivity contribution in [1.82, 2.24) is 4.90 Å². The molecule has 1 aliphatic heterocycles. The van der Waals surface area contributed by atoms with E-state index in [1.807, 2.05) is 24.3 Å². The van der Waals surface area contributed by atoms with Crippen LogP contribution in [0.4, 0.5) is 14.5 Å². The smallest absolute Gasteiger partial charge is 0.323 e. The van der Waals surface area contributed by atoms with E-state index in [0.717, 1.165) is 11.1 Å². The molecule has 1 aliphatic rings. The maximum Gasteiger partial charge on any atom is 0.323 e. The van der Waals surface area contributed by atoms with Gasteiger partial charge in [-0.05, 0) is 41.8 Å². The van der Waals surface area contributed by atoms with Gasteiger partial charge in [0.05, 0.1) is 13.7 Å². The lowest BCUT2D eigenvalue weighted by atomic mass is 9.94. The highest BCUT2D eigenvalue weighted by Gasteiger charge is 2.33. The summed E-state index contributed by atoms with van der Waals surface area (Å²) in [5, 5.41) is 2.74. The second-order valence-corrected chi connectivity index (χ2v) is 7.43. The monoisotopic (exact) mass is 406 g/mol. The molecule has 1 atom stereocenters. The molecule has 0 aliphatic carbocycles. The standard InChI is InChI=1S/C20H20F2N2O3S/c1-27-19(26)17-10-13-4-2-3-5-14(13)11-24(17)12-18(25)23-15-6-8-16(9-7-15)28-20(21)22/h2-9,17,20H,10-12H2,1H3,(H,23,25)/t17-/m0/s1. The maximum absolute atomic E-state index is 12.5. The average Bonchev–Trinajstić information content (AvgIpc) is 2.68. The molecule has 3 rings (SSSR count). The third-order valence-corrected chi connectivity index (χ3v) is 5.25. The van der Waals surface area contributed by atoms with Gasteiger partial charge in [0.1, 0.15) is 6.04 Å². The van der Waals surface area contributed by atoms with Crippen LogP contribution in [0.25, 0.3) is 0 Å². The van der Waals surface area contributed by atoms with Gasteiger partial charge >= 0.3 is 5.97 Å². The highest BCUT2D eigenvalue weighted by Crippen LogP contribution is 2.27. The normalized spacial score (nSPS) is 16.5. The van der Waals surface area contributed by atoms with Crippen LogP contribution >= 0.6 is 11.8 Å². The number of benzene rings is 2. The first-order valence-corrected chi connectivity index (χ1v) is 9.57. The molecular formula is C20H20F2N2O3S. The first-order chi connectivity index (χ1) is 13.5. The summed E-state index contributed by atoms with van der Waals surface area (Å²) in [5.41, 5.74) is 2.65. The van der Waals surface area contributed by atoms with Crippen LogP contribution in [0.15, 0.2) is 53.4 Å². The topological polar surface area (TPSA) is 58.6 Å². The van der Waals surface area contributed by atoms with Crippen molar-refractivity contribution in [2.75, 3.05) is 19.0 Å². The molecular weight excluding hydrogens is 386 g/mol. The van der Waals surface area contributed by atoms with Gasteiger partial charge in [-0.25, -0.2) is 0 Å². The minimum Gasteiger partial charge on any atom is -0.468 e. The van der Waals surface area contributed by atoms with Crippen molar-refractivity contribution in [2.45, 2.75) is 29.7 Å². The van der Waals surface area contributed by atoms with E-state index in [0.29, 0.717) is 35.3 Å². The van der Waals surface area contributed by atoms with Gasteiger partial charge in [-0.1, -0.05) is 36.0 Å². The van der Waals surface area contributed by atoms with Crippen LogP contribution in [-0.4, -0.2) is 42.2 Å². The van der Waals surface area contributed by atoms with Gasteiger partial charge in [0, 0.05) is 17.1 Å². The number of carbonyl (C=O) groups excluding carboxylic acids is 2. The summed E-state index contributed by atoms with van der Waals surface area (Å²) < 4.78 is 29.7. The molecule has 0 unspecified atom stereocenters. The molecule has 148 valence electrons. The number of anilines is 1. The fourth-order valence-corrected chi connectivity index (χ4v) is 3.72. The largest absolute Gasteiger partial charge is 0.468 e. The molecule has 1 heterocycles. The molecule has 0 spiro atoms. The van der Waals surface area contributed by atoms with E-state index in [4.69, 9.17) is 4.74 Å². The Balaban J connectivity index is 1.66. The van der Waals surface area contributed by atoms with E-state index in [1.165, 1.54) is 19.2 Å². The minimum absolute atomic E-state index is 0.0155. The fourth-order valence-electron chi connectivity index (χ4n) is 3.22. The zero-order valence-corrected chi connectivity index (χ0v) is 16.0. The number of halogens is 2. The van der Waals surface area contributed by atoms with Crippen LogP contribution in [-0.2, 0) is 27.3 Å². The summed E-state index contributed by atoms with van der Waals surface area (Å²) in [5.74, 6) is -3.16. The summed E-state index contributed by atoms with van der Waals surface area (Å²) >= 11 is 0.448. The summed E-state index contributed by atoms with van der Waals surface area (Å²) in [7, 11) is 1.33. The Bertz CT molecular complexity index is 846. The molecule has 5 nitrogen and oxygen atoms in total. The van der Waals surface area contributed by atoms with E-state index < -0.39 is 11.8 Å². The number of hydrogen-bond acceptors (Lipinski definition) is 5. The Morgan fingerprint density at radius 2 is 1.86 bits per heavy atom. The van der Waals surface area contributed by atoms with Gasteiger partial charge in [-0.15, -0.1) is 0 Å². The predicted octanol–water partition coefficient (Wildman–Crippen LogP) is 3.54.